The van der Waals surface area contributed by atoms with E-state index in [2.05, 4.69) is 6.55 Å². The van der Waals surface area contributed by atoms with Gasteiger partial charge in [0.2, 0.25) is 0 Å². The Balaban J connectivity index is 2.52. The summed E-state index contributed by atoms with van der Waals surface area (Å²) in [6.07, 6.45) is 1.32. The third-order valence-electron chi connectivity index (χ3n) is 3.10. The van der Waals surface area contributed by atoms with E-state index in [1.807, 2.05) is 6.92 Å². The molecule has 1 fully saturated rings. The molecule has 3 heteroatoms. The second-order valence-corrected chi connectivity index (χ2v) is 8.93. The van der Waals surface area contributed by atoms with Crippen molar-refractivity contribution in [2.24, 2.45) is 0 Å². The molecule has 0 radical (unpaired) electrons. The molecular formula is C8H16O2Si. The van der Waals surface area contributed by atoms with Gasteiger partial charge in [0.15, 0.2) is 0 Å². The molecule has 1 heterocycles. The molecule has 64 valence electrons. The van der Waals surface area contributed by atoms with Gasteiger partial charge in [-0.05, 0) is 0 Å². The number of rotatable bonds is 2. The fourth-order valence-electron chi connectivity index (χ4n) is 1.63. The Morgan fingerprint density at radius 2 is 2.09 bits per heavy atom. The zero-order chi connectivity index (χ0) is 8.48. The van der Waals surface area contributed by atoms with Crippen molar-refractivity contribution in [3.63, 3.8) is 0 Å². The van der Waals surface area contributed by atoms with Gasteiger partial charge in [0.25, 0.3) is 0 Å². The number of esters is 1. The first kappa shape index (κ1) is 8.78. The number of methoxy groups -OCH3 is 1. The van der Waals surface area contributed by atoms with Gasteiger partial charge in [-0.3, -0.25) is 4.79 Å². The van der Waals surface area contributed by atoms with Gasteiger partial charge in [0, 0.05) is 5.54 Å². The van der Waals surface area contributed by atoms with E-state index in [4.69, 9.17) is 4.74 Å². The van der Waals surface area contributed by atoms with Crippen LogP contribution in [0, 0.1) is 0 Å². The lowest BCUT2D eigenvalue weighted by Crippen LogP contribution is -2.45. The highest BCUT2D eigenvalue weighted by Crippen LogP contribution is 2.41. The van der Waals surface area contributed by atoms with E-state index in [1.54, 1.807) is 0 Å². The highest BCUT2D eigenvalue weighted by atomic mass is 28.3. The first-order chi connectivity index (χ1) is 5.10. The Hall–Kier alpha value is -0.313. The van der Waals surface area contributed by atoms with E-state index in [0.717, 1.165) is 0 Å². The van der Waals surface area contributed by atoms with Gasteiger partial charge in [0.1, 0.15) is 0 Å². The van der Waals surface area contributed by atoms with Crippen molar-refractivity contribution in [2.45, 2.75) is 37.5 Å². The number of carbonyl (C=O) groups excluding carboxylic acids is 1. The largest absolute Gasteiger partial charge is 0.469 e. The average molecular weight is 172 g/mol. The molecule has 0 amide bonds. The molecule has 1 saturated heterocycles. The Labute approximate surface area is 68.9 Å². The van der Waals surface area contributed by atoms with Crippen molar-refractivity contribution in [3.8, 4) is 0 Å². The van der Waals surface area contributed by atoms with E-state index in [9.17, 15) is 4.79 Å². The minimum atomic E-state index is -1.16. The maximum absolute atomic E-state index is 11.2. The van der Waals surface area contributed by atoms with E-state index in [1.165, 1.54) is 25.6 Å². The maximum Gasteiger partial charge on any atom is 0.305 e. The SMILES string of the molecule is COC(=O)C(C)[Si]1(C)CCC1. The fourth-order valence-corrected chi connectivity index (χ4v) is 4.65. The average Bonchev–Trinajstić information content (AvgIpc) is 1.97. The van der Waals surface area contributed by atoms with E-state index >= 15 is 0 Å². The quantitative estimate of drug-likeness (QED) is 0.470. The van der Waals surface area contributed by atoms with Crippen LogP contribution in [0.1, 0.15) is 13.3 Å². The van der Waals surface area contributed by atoms with Crippen LogP contribution < -0.4 is 0 Å². The lowest BCUT2D eigenvalue weighted by atomic mass is 10.5. The van der Waals surface area contributed by atoms with Gasteiger partial charge in [-0.25, -0.2) is 0 Å². The molecule has 0 spiro atoms. The lowest BCUT2D eigenvalue weighted by molar-refractivity contribution is -0.140. The van der Waals surface area contributed by atoms with Crippen LogP contribution in [-0.2, 0) is 9.53 Å². The summed E-state index contributed by atoms with van der Waals surface area (Å²) < 4.78 is 4.73. The van der Waals surface area contributed by atoms with Crippen molar-refractivity contribution in [2.75, 3.05) is 7.11 Å². The first-order valence-electron chi connectivity index (χ1n) is 4.18. The molecule has 1 rings (SSSR count). The van der Waals surface area contributed by atoms with Gasteiger partial charge in [-0.15, -0.1) is 0 Å². The zero-order valence-electron chi connectivity index (χ0n) is 7.52. The molecule has 1 aliphatic heterocycles. The van der Waals surface area contributed by atoms with E-state index in [-0.39, 0.29) is 11.5 Å². The summed E-state index contributed by atoms with van der Waals surface area (Å²) in [5, 5.41) is 0. The van der Waals surface area contributed by atoms with Crippen LogP contribution in [0.2, 0.25) is 24.2 Å². The number of hydrogen-bond donors (Lipinski definition) is 0. The third-order valence-corrected chi connectivity index (χ3v) is 8.41. The first-order valence-corrected chi connectivity index (χ1v) is 7.17. The van der Waals surface area contributed by atoms with Crippen molar-refractivity contribution < 1.29 is 9.53 Å². The summed E-state index contributed by atoms with van der Waals surface area (Å²) in [4.78, 5) is 11.2. The molecular weight excluding hydrogens is 156 g/mol. The van der Waals surface area contributed by atoms with Crippen LogP contribution in [0.5, 0.6) is 0 Å². The molecule has 0 bridgehead atoms. The van der Waals surface area contributed by atoms with Crippen LogP contribution >= 0.6 is 0 Å². The molecule has 0 aromatic heterocycles. The zero-order valence-corrected chi connectivity index (χ0v) is 8.52. The highest BCUT2D eigenvalue weighted by Gasteiger charge is 2.43. The van der Waals surface area contributed by atoms with Crippen molar-refractivity contribution >= 4 is 14.0 Å². The monoisotopic (exact) mass is 172 g/mol. The third kappa shape index (κ3) is 1.48. The summed E-state index contributed by atoms with van der Waals surface area (Å²) >= 11 is 0. The Morgan fingerprint density at radius 1 is 1.55 bits per heavy atom. The molecule has 0 aliphatic carbocycles. The summed E-state index contributed by atoms with van der Waals surface area (Å²) in [5.74, 6) is -0.00105. The number of carbonyl (C=O) groups is 1. The normalized spacial score (nSPS) is 23.5. The van der Waals surface area contributed by atoms with Gasteiger partial charge in [-0.2, -0.15) is 0 Å². The molecule has 0 saturated carbocycles. The molecule has 1 aliphatic rings. The van der Waals surface area contributed by atoms with Crippen molar-refractivity contribution in [1.29, 1.82) is 0 Å². The van der Waals surface area contributed by atoms with Crippen LogP contribution in [0.4, 0.5) is 0 Å². The van der Waals surface area contributed by atoms with E-state index < -0.39 is 8.07 Å². The summed E-state index contributed by atoms with van der Waals surface area (Å²) in [6.45, 7) is 4.33. The van der Waals surface area contributed by atoms with Crippen molar-refractivity contribution in [1.82, 2.24) is 0 Å². The van der Waals surface area contributed by atoms with Gasteiger partial charge >= 0.3 is 5.97 Å². The van der Waals surface area contributed by atoms with Gasteiger partial charge < -0.3 is 4.74 Å². The molecule has 11 heavy (non-hydrogen) atoms. The highest BCUT2D eigenvalue weighted by molar-refractivity contribution is 6.84. The Kier molecular flexibility index (Phi) is 2.37. The Morgan fingerprint density at radius 3 is 2.36 bits per heavy atom. The minimum Gasteiger partial charge on any atom is -0.469 e. The minimum absolute atomic E-state index is 0.00105. The lowest BCUT2D eigenvalue weighted by Gasteiger charge is -2.39. The second kappa shape index (κ2) is 2.97. The standard InChI is InChI=1S/C8H16O2Si/c1-7(8(9)10-2)11(3)5-4-6-11/h7H,4-6H2,1-3H3. The molecule has 0 aromatic rings. The molecule has 1 unspecified atom stereocenters. The van der Waals surface area contributed by atoms with Crippen molar-refractivity contribution in [3.05, 3.63) is 0 Å². The smallest absolute Gasteiger partial charge is 0.305 e. The summed E-state index contributed by atoms with van der Waals surface area (Å²) in [6, 6.07) is 2.62. The summed E-state index contributed by atoms with van der Waals surface area (Å²) in [7, 11) is 0.323. The van der Waals surface area contributed by atoms with Crippen LogP contribution in [0.3, 0.4) is 0 Å². The van der Waals surface area contributed by atoms with Gasteiger partial charge in [0.05, 0.1) is 15.2 Å². The molecule has 0 N–H and O–H groups in total. The summed E-state index contributed by atoms with van der Waals surface area (Å²) in [5.41, 5.74) is 0.209. The molecule has 1 atom stereocenters. The predicted octanol–water partition coefficient (Wildman–Crippen LogP) is 2.03. The van der Waals surface area contributed by atoms with Crippen LogP contribution in [-0.4, -0.2) is 21.2 Å². The number of ether oxygens (including phenoxy) is 1. The Bertz CT molecular complexity index is 163. The number of hydrogen-bond acceptors (Lipinski definition) is 2. The fraction of sp³-hybridized carbons (Fsp3) is 0.875. The van der Waals surface area contributed by atoms with Gasteiger partial charge in [-0.1, -0.05) is 32.0 Å². The maximum atomic E-state index is 11.2. The van der Waals surface area contributed by atoms with Crippen LogP contribution in [0.25, 0.3) is 0 Å². The predicted molar refractivity (Wildman–Crippen MR) is 47.3 cm³/mol. The van der Waals surface area contributed by atoms with E-state index in [0.29, 0.717) is 0 Å². The molecule has 0 aromatic carbocycles. The molecule has 2 nitrogen and oxygen atoms in total. The topological polar surface area (TPSA) is 26.3 Å². The second-order valence-electron chi connectivity index (χ2n) is 3.75. The van der Waals surface area contributed by atoms with Crippen LogP contribution in [0.15, 0.2) is 0 Å².